The van der Waals surface area contributed by atoms with Crippen LogP contribution in [0.4, 0.5) is 11.4 Å². The number of hydrogen-bond acceptors (Lipinski definition) is 9. The number of likely N-dealkylation sites (N-methyl/N-ethyl adjacent to an activating group) is 1. The highest BCUT2D eigenvalue weighted by atomic mass is 16.6. The maximum absolute atomic E-state index is 13.2. The fourth-order valence-electron chi connectivity index (χ4n) is 5.84. The Hall–Kier alpha value is -6.06. The van der Waals surface area contributed by atoms with Gasteiger partial charge in [-0.3, -0.25) is 24.3 Å². The summed E-state index contributed by atoms with van der Waals surface area (Å²) in [7, 11) is 5.58. The number of fused-ring (bicyclic) bond motifs is 1. The van der Waals surface area contributed by atoms with E-state index < -0.39 is 5.91 Å². The number of rotatable bonds is 13. The Morgan fingerprint density at radius 3 is 2.12 bits per heavy atom. The second kappa shape index (κ2) is 16.3. The first-order chi connectivity index (χ1) is 25.1. The summed E-state index contributed by atoms with van der Waals surface area (Å²) >= 11 is 0. The molecule has 0 unspecified atom stereocenters. The second-order valence-electron chi connectivity index (χ2n) is 12.8. The number of anilines is 2. The van der Waals surface area contributed by atoms with Crippen molar-refractivity contribution in [1.82, 2.24) is 34.6 Å². The molecule has 0 saturated carbocycles. The number of amidine groups is 1. The Kier molecular flexibility index (Phi) is 11.2. The number of carbonyl (C=O) groups is 3. The lowest BCUT2D eigenvalue weighted by molar-refractivity contribution is 0.0945. The van der Waals surface area contributed by atoms with Crippen molar-refractivity contribution >= 4 is 58.1 Å². The Morgan fingerprint density at radius 2 is 1.40 bits per heavy atom. The van der Waals surface area contributed by atoms with Gasteiger partial charge in [0.1, 0.15) is 22.4 Å². The summed E-state index contributed by atoms with van der Waals surface area (Å²) in [5, 5.41) is 16.2. The Balaban J connectivity index is 0.966. The van der Waals surface area contributed by atoms with E-state index in [1.54, 1.807) is 59.9 Å². The third kappa shape index (κ3) is 9.18. The molecule has 6 rings (SSSR count). The van der Waals surface area contributed by atoms with Crippen LogP contribution in [-0.4, -0.2) is 106 Å². The number of aliphatic imine (C=N–C) groups is 1. The van der Waals surface area contributed by atoms with Gasteiger partial charge in [0.05, 0.1) is 23.8 Å². The van der Waals surface area contributed by atoms with Gasteiger partial charge in [0, 0.05) is 77.7 Å². The number of benzene rings is 2. The number of aromatic nitrogens is 4. The highest BCUT2D eigenvalue weighted by Crippen LogP contribution is 2.19. The number of carbonyl (C=O) groups excluding carboxylic acids is 3. The van der Waals surface area contributed by atoms with Gasteiger partial charge in [0.15, 0.2) is 0 Å². The number of piperazine rings is 1. The predicted molar refractivity (Wildman–Crippen MR) is 201 cm³/mol. The molecule has 0 bridgehead atoms. The molecule has 5 N–H and O–H groups in total. The molecule has 1 saturated heterocycles. The van der Waals surface area contributed by atoms with Crippen LogP contribution >= 0.6 is 0 Å². The molecular weight excluding hydrogens is 662 g/mol. The molecule has 0 radical (unpaired) electrons. The maximum atomic E-state index is 13.2. The fraction of sp³-hybridized carbons (Fsp3) is 0.297. The Bertz CT molecular complexity index is 2100. The maximum Gasteiger partial charge on any atom is 0.272 e. The summed E-state index contributed by atoms with van der Waals surface area (Å²) in [4.78, 5) is 48.2. The van der Waals surface area contributed by atoms with E-state index in [1.165, 1.54) is 0 Å². The van der Waals surface area contributed by atoms with Gasteiger partial charge in [-0.2, -0.15) is 0 Å². The van der Waals surface area contributed by atoms with Crippen molar-refractivity contribution in [2.24, 2.45) is 24.8 Å². The molecule has 5 aromatic rings. The summed E-state index contributed by atoms with van der Waals surface area (Å²) in [6, 6.07) is 16.0. The van der Waals surface area contributed by atoms with Crippen molar-refractivity contribution in [3.63, 3.8) is 0 Å². The molecular formula is C37H43N11O4. The SMILES string of the molecule is CN1CCN(CCN=C(N)CCNC(=O)c2cc(NC(=O)c3cc(NC(=O)c4ccc(/C=C/c5ccc6nonc6c5)cc4)cn3C)cn2C)CC1. The van der Waals surface area contributed by atoms with Crippen LogP contribution in [0.2, 0.25) is 0 Å². The topological polar surface area (TPSA) is 181 Å². The van der Waals surface area contributed by atoms with Gasteiger partial charge in [0.2, 0.25) is 0 Å². The number of nitrogens with one attached hydrogen (secondary N) is 3. The van der Waals surface area contributed by atoms with Gasteiger partial charge in [-0.25, -0.2) is 4.63 Å². The van der Waals surface area contributed by atoms with Crippen LogP contribution in [0.5, 0.6) is 0 Å². The van der Waals surface area contributed by atoms with E-state index in [2.05, 4.69) is 48.1 Å². The van der Waals surface area contributed by atoms with E-state index in [1.807, 2.05) is 42.5 Å². The molecule has 3 aromatic heterocycles. The van der Waals surface area contributed by atoms with Crippen LogP contribution in [-0.2, 0) is 14.1 Å². The molecule has 3 amide bonds. The smallest absolute Gasteiger partial charge is 0.272 e. The van der Waals surface area contributed by atoms with Crippen molar-refractivity contribution in [3.8, 4) is 0 Å². The van der Waals surface area contributed by atoms with Crippen LogP contribution < -0.4 is 21.7 Å². The molecule has 270 valence electrons. The van der Waals surface area contributed by atoms with Gasteiger partial charge < -0.3 is 35.7 Å². The number of hydrogen-bond donors (Lipinski definition) is 4. The van der Waals surface area contributed by atoms with Gasteiger partial charge in [-0.1, -0.05) is 30.4 Å². The first kappa shape index (κ1) is 35.8. The molecule has 52 heavy (non-hydrogen) atoms. The molecule has 1 aliphatic rings. The highest BCUT2D eigenvalue weighted by molar-refractivity contribution is 6.07. The average molecular weight is 706 g/mol. The Morgan fingerprint density at radius 1 is 0.788 bits per heavy atom. The minimum absolute atomic E-state index is 0.288. The normalized spacial score (nSPS) is 14.2. The lowest BCUT2D eigenvalue weighted by atomic mass is 10.1. The number of nitrogens with two attached hydrogens (primary N) is 1. The fourth-order valence-corrected chi connectivity index (χ4v) is 5.84. The standard InChI is InChI=1S/C37H43N11O4/c1-45-16-18-48(19-17-45)15-14-39-34(38)12-13-40-36(50)32-21-29(24-46(32)2)42-37(51)33-22-28(23-47(33)3)41-35(49)27-9-6-25(7-10-27)4-5-26-8-11-30-31(20-26)44-52-43-30/h4-11,20-24H,12-19H2,1-3H3,(H2,38,39)(H,40,50)(H,41,49)(H,42,51)/b5-4+. The minimum atomic E-state index is -0.392. The summed E-state index contributed by atoms with van der Waals surface area (Å²) in [6.07, 6.45) is 7.65. The van der Waals surface area contributed by atoms with E-state index >= 15 is 0 Å². The van der Waals surface area contributed by atoms with E-state index in [0.717, 1.165) is 43.9 Å². The van der Waals surface area contributed by atoms with Crippen LogP contribution in [0.15, 0.2) is 76.6 Å². The molecule has 0 aliphatic carbocycles. The molecule has 1 aliphatic heterocycles. The zero-order valence-corrected chi connectivity index (χ0v) is 29.5. The van der Waals surface area contributed by atoms with Crippen LogP contribution in [0.25, 0.3) is 23.2 Å². The number of amides is 3. The third-order valence-electron chi connectivity index (χ3n) is 8.90. The average Bonchev–Trinajstić information content (AvgIpc) is 3.86. The summed E-state index contributed by atoms with van der Waals surface area (Å²) in [6.45, 7) is 6.03. The molecule has 15 heteroatoms. The van der Waals surface area contributed by atoms with Gasteiger partial charge in [-0.15, -0.1) is 0 Å². The summed E-state index contributed by atoms with van der Waals surface area (Å²) in [5.41, 5.74) is 11.4. The van der Waals surface area contributed by atoms with Crippen LogP contribution in [0.3, 0.4) is 0 Å². The second-order valence-corrected chi connectivity index (χ2v) is 12.8. The molecule has 0 spiro atoms. The first-order valence-electron chi connectivity index (χ1n) is 17.0. The molecule has 4 heterocycles. The zero-order chi connectivity index (χ0) is 36.6. The lowest BCUT2D eigenvalue weighted by Crippen LogP contribution is -2.45. The van der Waals surface area contributed by atoms with Crippen LogP contribution in [0.1, 0.15) is 48.9 Å². The van der Waals surface area contributed by atoms with Gasteiger partial charge in [-0.05, 0) is 64.9 Å². The van der Waals surface area contributed by atoms with E-state index in [4.69, 9.17) is 10.4 Å². The van der Waals surface area contributed by atoms with Crippen LogP contribution in [0, 0.1) is 0 Å². The molecule has 2 aromatic carbocycles. The quantitative estimate of drug-likeness (QED) is 0.0812. The highest BCUT2D eigenvalue weighted by Gasteiger charge is 2.18. The van der Waals surface area contributed by atoms with Crippen molar-refractivity contribution in [1.29, 1.82) is 0 Å². The summed E-state index contributed by atoms with van der Waals surface area (Å²) < 4.78 is 8.02. The van der Waals surface area contributed by atoms with Crippen molar-refractivity contribution < 1.29 is 19.0 Å². The van der Waals surface area contributed by atoms with Crippen molar-refractivity contribution in [2.45, 2.75) is 6.42 Å². The Labute approximate surface area is 301 Å². The van der Waals surface area contributed by atoms with E-state index in [0.29, 0.717) is 64.7 Å². The first-order valence-corrected chi connectivity index (χ1v) is 17.0. The zero-order valence-electron chi connectivity index (χ0n) is 29.5. The third-order valence-corrected chi connectivity index (χ3v) is 8.90. The molecule has 1 fully saturated rings. The molecule has 15 nitrogen and oxygen atoms in total. The van der Waals surface area contributed by atoms with Gasteiger partial charge in [0.25, 0.3) is 17.7 Å². The van der Waals surface area contributed by atoms with E-state index in [-0.39, 0.29) is 11.8 Å². The summed E-state index contributed by atoms with van der Waals surface area (Å²) in [5.74, 6) is -0.486. The minimum Gasteiger partial charge on any atom is -0.387 e. The lowest BCUT2D eigenvalue weighted by Gasteiger charge is -2.31. The van der Waals surface area contributed by atoms with E-state index in [9.17, 15) is 14.4 Å². The largest absolute Gasteiger partial charge is 0.387 e. The van der Waals surface area contributed by atoms with Gasteiger partial charge >= 0.3 is 0 Å². The molecule has 0 atom stereocenters. The monoisotopic (exact) mass is 705 g/mol. The number of aryl methyl sites for hydroxylation is 2. The predicted octanol–water partition coefficient (Wildman–Crippen LogP) is 3.30. The van der Waals surface area contributed by atoms with Crippen molar-refractivity contribution in [2.75, 3.05) is 63.5 Å². The number of nitrogens with zero attached hydrogens (tertiary/aromatic N) is 7. The van der Waals surface area contributed by atoms with Crippen molar-refractivity contribution in [3.05, 3.63) is 95.1 Å².